The van der Waals surface area contributed by atoms with Crippen molar-refractivity contribution in [1.29, 1.82) is 5.26 Å². The lowest BCUT2D eigenvalue weighted by Gasteiger charge is -2.10. The van der Waals surface area contributed by atoms with Crippen LogP contribution in [0.1, 0.15) is 19.8 Å². The Morgan fingerprint density at radius 2 is 2.30 bits per heavy atom. The molecular formula is C7H12ClNO. The van der Waals surface area contributed by atoms with Crippen LogP contribution in [0.4, 0.5) is 0 Å². The fourth-order valence-corrected chi connectivity index (χ4v) is 0.738. The van der Waals surface area contributed by atoms with Gasteiger partial charge in [-0.25, -0.2) is 0 Å². The standard InChI is InChI=1S/C7H12ClNO/c1-7(8,6-9)4-3-5-10-2/h3-5H2,1-2H3. The molecule has 58 valence electrons. The van der Waals surface area contributed by atoms with E-state index in [1.165, 1.54) is 0 Å². The summed E-state index contributed by atoms with van der Waals surface area (Å²) in [6, 6.07) is 2.01. The number of nitriles is 1. The van der Waals surface area contributed by atoms with Crippen LogP contribution in [0.5, 0.6) is 0 Å². The molecule has 0 aromatic carbocycles. The minimum atomic E-state index is -0.710. The molecular weight excluding hydrogens is 150 g/mol. The van der Waals surface area contributed by atoms with E-state index >= 15 is 0 Å². The molecule has 0 spiro atoms. The number of nitrogens with zero attached hydrogens (tertiary/aromatic N) is 1. The Morgan fingerprint density at radius 1 is 1.70 bits per heavy atom. The van der Waals surface area contributed by atoms with Gasteiger partial charge in [0.1, 0.15) is 4.87 Å². The average molecular weight is 162 g/mol. The topological polar surface area (TPSA) is 33.0 Å². The summed E-state index contributed by atoms with van der Waals surface area (Å²) < 4.78 is 4.81. The van der Waals surface area contributed by atoms with Gasteiger partial charge in [-0.05, 0) is 19.8 Å². The zero-order valence-corrected chi connectivity index (χ0v) is 7.11. The molecule has 0 rings (SSSR count). The van der Waals surface area contributed by atoms with Gasteiger partial charge in [-0.3, -0.25) is 0 Å². The van der Waals surface area contributed by atoms with Crippen LogP contribution in [0.3, 0.4) is 0 Å². The molecule has 0 N–H and O–H groups in total. The molecule has 0 heterocycles. The highest BCUT2D eigenvalue weighted by Gasteiger charge is 2.18. The van der Waals surface area contributed by atoms with Crippen LogP contribution in [-0.2, 0) is 4.74 Å². The van der Waals surface area contributed by atoms with E-state index < -0.39 is 4.87 Å². The van der Waals surface area contributed by atoms with Gasteiger partial charge in [0.2, 0.25) is 0 Å². The van der Waals surface area contributed by atoms with Crippen molar-refractivity contribution in [1.82, 2.24) is 0 Å². The van der Waals surface area contributed by atoms with E-state index in [0.29, 0.717) is 13.0 Å². The Balaban J connectivity index is 3.40. The van der Waals surface area contributed by atoms with Crippen LogP contribution in [0, 0.1) is 11.3 Å². The predicted octanol–water partition coefficient (Wildman–Crippen LogP) is 1.93. The van der Waals surface area contributed by atoms with Gasteiger partial charge in [0.15, 0.2) is 0 Å². The van der Waals surface area contributed by atoms with Crippen LogP contribution in [-0.4, -0.2) is 18.6 Å². The van der Waals surface area contributed by atoms with Gasteiger partial charge in [0, 0.05) is 13.7 Å². The fourth-order valence-electron chi connectivity index (χ4n) is 0.604. The second-order valence-electron chi connectivity index (χ2n) is 2.41. The maximum Gasteiger partial charge on any atom is 0.128 e. The summed E-state index contributed by atoms with van der Waals surface area (Å²) in [5, 5.41) is 8.47. The number of hydrogen-bond donors (Lipinski definition) is 0. The van der Waals surface area contributed by atoms with Crippen LogP contribution in [0.15, 0.2) is 0 Å². The van der Waals surface area contributed by atoms with E-state index in [-0.39, 0.29) is 0 Å². The molecule has 0 aliphatic heterocycles. The van der Waals surface area contributed by atoms with Crippen molar-refractivity contribution in [2.45, 2.75) is 24.6 Å². The van der Waals surface area contributed by atoms with Crippen molar-refractivity contribution >= 4 is 11.6 Å². The quantitative estimate of drug-likeness (QED) is 0.466. The minimum Gasteiger partial charge on any atom is -0.385 e. The molecule has 0 fully saturated rings. The summed E-state index contributed by atoms with van der Waals surface area (Å²) in [6.07, 6.45) is 1.52. The maximum absolute atomic E-state index is 8.47. The van der Waals surface area contributed by atoms with Crippen molar-refractivity contribution in [2.24, 2.45) is 0 Å². The lowest BCUT2D eigenvalue weighted by Crippen LogP contribution is -2.13. The highest BCUT2D eigenvalue weighted by Crippen LogP contribution is 2.19. The van der Waals surface area contributed by atoms with E-state index in [1.54, 1.807) is 14.0 Å². The van der Waals surface area contributed by atoms with Crippen LogP contribution in [0.2, 0.25) is 0 Å². The largest absolute Gasteiger partial charge is 0.385 e. The second kappa shape index (κ2) is 4.54. The van der Waals surface area contributed by atoms with Crippen LogP contribution < -0.4 is 0 Å². The number of hydrogen-bond acceptors (Lipinski definition) is 2. The lowest BCUT2D eigenvalue weighted by molar-refractivity contribution is 0.191. The summed E-state index contributed by atoms with van der Waals surface area (Å²) in [5.41, 5.74) is 0. The Morgan fingerprint density at radius 3 is 2.70 bits per heavy atom. The van der Waals surface area contributed by atoms with Gasteiger partial charge < -0.3 is 4.74 Å². The molecule has 0 amide bonds. The van der Waals surface area contributed by atoms with Crippen molar-refractivity contribution in [3.63, 3.8) is 0 Å². The van der Waals surface area contributed by atoms with Gasteiger partial charge in [0.25, 0.3) is 0 Å². The van der Waals surface area contributed by atoms with Crippen molar-refractivity contribution in [3.8, 4) is 6.07 Å². The number of halogens is 1. The third kappa shape index (κ3) is 4.60. The number of rotatable bonds is 4. The van der Waals surface area contributed by atoms with Gasteiger partial charge in [-0.2, -0.15) is 5.26 Å². The first-order valence-electron chi connectivity index (χ1n) is 3.21. The molecule has 3 heteroatoms. The summed E-state index contributed by atoms with van der Waals surface area (Å²) in [4.78, 5) is -0.710. The third-order valence-corrected chi connectivity index (χ3v) is 1.50. The molecule has 0 aromatic rings. The first-order valence-corrected chi connectivity index (χ1v) is 3.59. The highest BCUT2D eigenvalue weighted by molar-refractivity contribution is 6.25. The summed E-state index contributed by atoms with van der Waals surface area (Å²) in [6.45, 7) is 2.38. The van der Waals surface area contributed by atoms with Gasteiger partial charge in [-0.15, -0.1) is 11.6 Å². The lowest BCUT2D eigenvalue weighted by atomic mass is 10.1. The molecule has 10 heavy (non-hydrogen) atoms. The normalized spacial score (nSPS) is 15.8. The highest BCUT2D eigenvalue weighted by atomic mass is 35.5. The zero-order valence-electron chi connectivity index (χ0n) is 6.35. The molecule has 1 unspecified atom stereocenters. The molecule has 0 bridgehead atoms. The Hall–Kier alpha value is -0.260. The Bertz CT molecular complexity index is 128. The molecule has 0 aromatic heterocycles. The SMILES string of the molecule is COCCCC(C)(Cl)C#N. The maximum atomic E-state index is 8.47. The average Bonchev–Trinajstić information content (AvgIpc) is 1.89. The van der Waals surface area contributed by atoms with Crippen LogP contribution >= 0.6 is 11.6 Å². The first kappa shape index (κ1) is 9.74. The van der Waals surface area contributed by atoms with Crippen molar-refractivity contribution in [3.05, 3.63) is 0 Å². The Labute approximate surface area is 66.7 Å². The number of methoxy groups -OCH3 is 1. The van der Waals surface area contributed by atoms with Crippen molar-refractivity contribution in [2.75, 3.05) is 13.7 Å². The van der Waals surface area contributed by atoms with Gasteiger partial charge in [0.05, 0.1) is 6.07 Å². The summed E-state index contributed by atoms with van der Waals surface area (Å²) in [7, 11) is 1.64. The Kier molecular flexibility index (Phi) is 4.42. The zero-order chi connectivity index (χ0) is 8.04. The molecule has 0 saturated heterocycles. The van der Waals surface area contributed by atoms with Crippen molar-refractivity contribution < 1.29 is 4.74 Å². The minimum absolute atomic E-state index is 0.671. The summed E-state index contributed by atoms with van der Waals surface area (Å²) in [5.74, 6) is 0. The summed E-state index contributed by atoms with van der Waals surface area (Å²) >= 11 is 5.74. The smallest absolute Gasteiger partial charge is 0.128 e. The third-order valence-electron chi connectivity index (χ3n) is 1.23. The van der Waals surface area contributed by atoms with E-state index in [2.05, 4.69) is 0 Å². The molecule has 2 nitrogen and oxygen atoms in total. The fraction of sp³-hybridized carbons (Fsp3) is 0.857. The number of ether oxygens (including phenoxy) is 1. The van der Waals surface area contributed by atoms with E-state index in [1.807, 2.05) is 6.07 Å². The monoisotopic (exact) mass is 161 g/mol. The molecule has 0 aliphatic carbocycles. The van der Waals surface area contributed by atoms with Gasteiger partial charge >= 0.3 is 0 Å². The molecule has 0 aliphatic rings. The van der Waals surface area contributed by atoms with Gasteiger partial charge in [-0.1, -0.05) is 0 Å². The predicted molar refractivity (Wildman–Crippen MR) is 41.0 cm³/mol. The molecule has 0 saturated carbocycles. The second-order valence-corrected chi connectivity index (χ2v) is 3.24. The molecule has 1 atom stereocenters. The number of alkyl halides is 1. The van der Waals surface area contributed by atoms with E-state index in [9.17, 15) is 0 Å². The van der Waals surface area contributed by atoms with E-state index in [4.69, 9.17) is 21.6 Å². The van der Waals surface area contributed by atoms with Crippen LogP contribution in [0.25, 0.3) is 0 Å². The first-order chi connectivity index (χ1) is 4.62. The van der Waals surface area contributed by atoms with E-state index in [0.717, 1.165) is 6.42 Å². The molecule has 0 radical (unpaired) electrons.